The molecule has 3 aromatic carbocycles. The molecule has 36 heavy (non-hydrogen) atoms. The summed E-state index contributed by atoms with van der Waals surface area (Å²) in [6.07, 6.45) is 2.07. The zero-order chi connectivity index (χ0) is 25.9. The van der Waals surface area contributed by atoms with Gasteiger partial charge < -0.3 is 14.9 Å². The Hall–Kier alpha value is -3.44. The third kappa shape index (κ3) is 5.85. The van der Waals surface area contributed by atoms with Gasteiger partial charge in [-0.3, -0.25) is 9.59 Å². The Morgan fingerprint density at radius 3 is 2.53 bits per heavy atom. The van der Waals surface area contributed by atoms with Gasteiger partial charge in [-0.25, -0.2) is 0 Å². The van der Waals surface area contributed by atoms with Crippen molar-refractivity contribution in [3.63, 3.8) is 0 Å². The summed E-state index contributed by atoms with van der Waals surface area (Å²) >= 11 is 0. The molecule has 2 N–H and O–H groups in total. The molecule has 1 aliphatic rings. The maximum Gasteiger partial charge on any atom is 0.306 e. The van der Waals surface area contributed by atoms with Crippen molar-refractivity contribution < 1.29 is 24.5 Å². The van der Waals surface area contributed by atoms with Crippen LogP contribution in [0.3, 0.4) is 0 Å². The van der Waals surface area contributed by atoms with Crippen LogP contribution in [0.15, 0.2) is 66.7 Å². The van der Waals surface area contributed by atoms with Gasteiger partial charge in [0, 0.05) is 5.56 Å². The first kappa shape index (κ1) is 25.6. The van der Waals surface area contributed by atoms with E-state index in [-0.39, 0.29) is 17.6 Å². The summed E-state index contributed by atoms with van der Waals surface area (Å²) in [4.78, 5) is 22.9. The van der Waals surface area contributed by atoms with Gasteiger partial charge in [-0.1, -0.05) is 68.8 Å². The molecule has 5 heteroatoms. The van der Waals surface area contributed by atoms with Gasteiger partial charge in [0.25, 0.3) is 0 Å². The molecule has 5 nitrogen and oxygen atoms in total. The summed E-state index contributed by atoms with van der Waals surface area (Å²) in [5.41, 5.74) is 5.93. The Morgan fingerprint density at radius 1 is 1.06 bits per heavy atom. The van der Waals surface area contributed by atoms with Crippen LogP contribution < -0.4 is 4.74 Å². The largest absolute Gasteiger partial charge is 0.489 e. The number of aliphatic hydroxyl groups is 1. The maximum absolute atomic E-state index is 12.0. The van der Waals surface area contributed by atoms with Gasteiger partial charge >= 0.3 is 5.97 Å². The second kappa shape index (κ2) is 10.7. The molecule has 0 aliphatic heterocycles. The van der Waals surface area contributed by atoms with Crippen LogP contribution in [0, 0.1) is 5.41 Å². The molecule has 1 saturated carbocycles. The smallest absolute Gasteiger partial charge is 0.306 e. The zero-order valence-electron chi connectivity index (χ0n) is 21.2. The van der Waals surface area contributed by atoms with E-state index < -0.39 is 12.1 Å². The van der Waals surface area contributed by atoms with Crippen LogP contribution in [0.25, 0.3) is 11.1 Å². The first-order valence-electron chi connectivity index (χ1n) is 12.5. The Morgan fingerprint density at radius 2 is 1.83 bits per heavy atom. The zero-order valence-corrected chi connectivity index (χ0v) is 21.2. The number of Topliss-reactive ketones (excluding diaryl/α,β-unsaturated/α-hetero) is 1. The first-order chi connectivity index (χ1) is 17.1. The van der Waals surface area contributed by atoms with E-state index in [4.69, 9.17) is 9.84 Å². The predicted molar refractivity (Wildman–Crippen MR) is 140 cm³/mol. The molecular weight excluding hydrogens is 452 g/mol. The molecule has 4 rings (SSSR count). The molecular formula is C31H34O5. The van der Waals surface area contributed by atoms with Gasteiger partial charge in [0.1, 0.15) is 12.4 Å². The molecule has 0 bridgehead atoms. The fourth-order valence-corrected chi connectivity index (χ4v) is 5.32. The van der Waals surface area contributed by atoms with Crippen LogP contribution >= 0.6 is 0 Å². The number of carbonyl (C=O) groups excluding carboxylic acids is 1. The number of ether oxygens (including phenoxy) is 1. The fourth-order valence-electron chi connectivity index (χ4n) is 5.32. The van der Waals surface area contributed by atoms with Crippen molar-refractivity contribution in [3.05, 3.63) is 89.0 Å². The first-order valence-corrected chi connectivity index (χ1v) is 12.5. The van der Waals surface area contributed by atoms with E-state index in [1.54, 1.807) is 31.2 Å². The number of aliphatic hydroxyl groups excluding tert-OH is 1. The Labute approximate surface area is 212 Å². The highest BCUT2D eigenvalue weighted by Crippen LogP contribution is 2.51. The average molecular weight is 487 g/mol. The minimum atomic E-state index is -1.08. The number of hydrogen-bond donors (Lipinski definition) is 2. The van der Waals surface area contributed by atoms with E-state index in [0.717, 1.165) is 23.1 Å². The number of rotatable bonds is 9. The lowest BCUT2D eigenvalue weighted by Crippen LogP contribution is -2.16. The average Bonchev–Trinajstić information content (AvgIpc) is 3.21. The normalized spacial score (nSPS) is 17.5. The highest BCUT2D eigenvalue weighted by Gasteiger charge is 2.36. The highest BCUT2D eigenvalue weighted by atomic mass is 16.5. The minimum absolute atomic E-state index is 0.0559. The molecule has 1 aliphatic carbocycles. The summed E-state index contributed by atoms with van der Waals surface area (Å²) in [5.74, 6) is -0.00807. The standard InChI is InChI=1S/C31H34O5/c1-20(32)22-7-4-8-23(16-22)26-13-12-21(15-27(26)28-11-6-14-31(28,2)3)19-36-25-10-5-9-24(17-25)29(33)18-30(34)35/h4-5,7-10,12-13,15-17,28-29,33H,6,11,14,18-19H2,1-3H3,(H,34,35)/t28-,29+/m0/s1. The molecule has 188 valence electrons. The van der Waals surface area contributed by atoms with Gasteiger partial charge in [0.15, 0.2) is 5.78 Å². The van der Waals surface area contributed by atoms with Crippen LogP contribution in [-0.2, 0) is 11.4 Å². The van der Waals surface area contributed by atoms with E-state index in [0.29, 0.717) is 29.4 Å². The molecule has 0 heterocycles. The van der Waals surface area contributed by atoms with Crippen LogP contribution in [0.4, 0.5) is 0 Å². The second-order valence-corrected chi connectivity index (χ2v) is 10.5. The van der Waals surface area contributed by atoms with E-state index >= 15 is 0 Å². The molecule has 0 radical (unpaired) electrons. The topological polar surface area (TPSA) is 83.8 Å². The lowest BCUT2D eigenvalue weighted by atomic mass is 9.75. The minimum Gasteiger partial charge on any atom is -0.489 e. The second-order valence-electron chi connectivity index (χ2n) is 10.5. The monoisotopic (exact) mass is 486 g/mol. The van der Waals surface area contributed by atoms with Crippen molar-refractivity contribution in [1.29, 1.82) is 0 Å². The van der Waals surface area contributed by atoms with E-state index in [1.165, 1.54) is 18.4 Å². The Balaban J connectivity index is 1.63. The predicted octanol–water partition coefficient (Wildman–Crippen LogP) is 6.94. The molecule has 2 atom stereocenters. The van der Waals surface area contributed by atoms with Crippen LogP contribution in [-0.4, -0.2) is 22.0 Å². The SMILES string of the molecule is CC(=O)c1cccc(-c2ccc(COc3cccc([C@H](O)CC(=O)O)c3)cc2[C@@H]2CCCC2(C)C)c1. The van der Waals surface area contributed by atoms with Gasteiger partial charge in [0.05, 0.1) is 12.5 Å². The number of carboxylic acid groups (broad SMARTS) is 1. The number of benzene rings is 3. The van der Waals surface area contributed by atoms with Crippen molar-refractivity contribution in [2.45, 2.75) is 65.1 Å². The van der Waals surface area contributed by atoms with Gasteiger partial charge in [-0.2, -0.15) is 0 Å². The summed E-state index contributed by atoms with van der Waals surface area (Å²) < 4.78 is 6.05. The maximum atomic E-state index is 12.0. The van der Waals surface area contributed by atoms with Gasteiger partial charge in [0.2, 0.25) is 0 Å². The molecule has 0 amide bonds. The van der Waals surface area contributed by atoms with Crippen molar-refractivity contribution in [2.75, 3.05) is 0 Å². The lowest BCUT2D eigenvalue weighted by Gasteiger charge is -2.30. The fraction of sp³-hybridized carbons (Fsp3) is 0.355. The third-order valence-corrected chi connectivity index (χ3v) is 7.35. The number of carboxylic acids is 1. The molecule has 1 fully saturated rings. The molecule has 0 saturated heterocycles. The highest BCUT2D eigenvalue weighted by molar-refractivity contribution is 5.95. The molecule has 0 unspecified atom stereocenters. The van der Waals surface area contributed by atoms with E-state index in [9.17, 15) is 14.7 Å². The summed E-state index contributed by atoms with van der Waals surface area (Å²) in [7, 11) is 0. The van der Waals surface area contributed by atoms with Gasteiger partial charge in [-0.05, 0) is 77.1 Å². The third-order valence-electron chi connectivity index (χ3n) is 7.35. The summed E-state index contributed by atoms with van der Waals surface area (Å²) in [6, 6.07) is 21.2. The number of aliphatic carboxylic acids is 1. The number of carbonyl (C=O) groups is 2. The lowest BCUT2D eigenvalue weighted by molar-refractivity contribution is -0.139. The van der Waals surface area contributed by atoms with Crippen molar-refractivity contribution in [3.8, 4) is 16.9 Å². The van der Waals surface area contributed by atoms with Crippen LogP contribution in [0.5, 0.6) is 5.75 Å². The molecule has 3 aromatic rings. The van der Waals surface area contributed by atoms with Crippen molar-refractivity contribution in [2.24, 2.45) is 5.41 Å². The van der Waals surface area contributed by atoms with Crippen LogP contribution in [0.1, 0.15) is 85.5 Å². The summed E-state index contributed by atoms with van der Waals surface area (Å²) in [6.45, 7) is 6.61. The number of ketones is 1. The Bertz CT molecular complexity index is 1260. The number of hydrogen-bond acceptors (Lipinski definition) is 4. The van der Waals surface area contributed by atoms with E-state index in [2.05, 4.69) is 38.1 Å². The molecule has 0 spiro atoms. The van der Waals surface area contributed by atoms with E-state index in [1.807, 2.05) is 18.2 Å². The van der Waals surface area contributed by atoms with Crippen molar-refractivity contribution >= 4 is 11.8 Å². The summed E-state index contributed by atoms with van der Waals surface area (Å²) in [5, 5.41) is 19.1. The van der Waals surface area contributed by atoms with Crippen molar-refractivity contribution in [1.82, 2.24) is 0 Å². The molecule has 0 aromatic heterocycles. The Kier molecular flexibility index (Phi) is 7.60. The van der Waals surface area contributed by atoms with Crippen LogP contribution in [0.2, 0.25) is 0 Å². The van der Waals surface area contributed by atoms with Gasteiger partial charge in [-0.15, -0.1) is 0 Å². The quantitative estimate of drug-likeness (QED) is 0.320.